The summed E-state index contributed by atoms with van der Waals surface area (Å²) in [6.07, 6.45) is 5.07. The van der Waals surface area contributed by atoms with Crippen molar-refractivity contribution in [1.82, 2.24) is 0 Å². The first-order chi connectivity index (χ1) is 8.72. The minimum Gasteiger partial charge on any atom is -0.494 e. The normalized spacial score (nSPS) is 10.5. The largest absolute Gasteiger partial charge is 0.494 e. The van der Waals surface area contributed by atoms with E-state index in [1.165, 1.54) is 12.8 Å². The molecule has 98 valence electrons. The number of unbranched alkanes of at least 4 members (excludes halogenated alkanes) is 2. The van der Waals surface area contributed by atoms with Crippen molar-refractivity contribution in [2.24, 2.45) is 21.7 Å². The molecule has 0 aromatic heterocycles. The van der Waals surface area contributed by atoms with Gasteiger partial charge >= 0.3 is 0 Å². The number of nitrogens with zero attached hydrogens (tertiary/aromatic N) is 2. The molecule has 0 aliphatic carbocycles. The Labute approximate surface area is 108 Å². The molecular weight excluding hydrogens is 228 g/mol. The minimum absolute atomic E-state index is 0.0536. The first-order valence-corrected chi connectivity index (χ1v) is 6.07. The zero-order valence-corrected chi connectivity index (χ0v) is 10.7. The molecule has 0 saturated carbocycles. The summed E-state index contributed by atoms with van der Waals surface area (Å²) in [5.74, 6) is 0.812. The molecule has 5 nitrogen and oxygen atoms in total. The van der Waals surface area contributed by atoms with E-state index in [1.54, 1.807) is 6.21 Å². The van der Waals surface area contributed by atoms with Crippen LogP contribution in [0.2, 0.25) is 0 Å². The van der Waals surface area contributed by atoms with Crippen LogP contribution in [0.15, 0.2) is 34.5 Å². The van der Waals surface area contributed by atoms with E-state index in [0.717, 1.165) is 24.3 Å². The highest BCUT2D eigenvalue weighted by molar-refractivity contribution is 5.81. The molecule has 4 N–H and O–H groups in total. The van der Waals surface area contributed by atoms with Gasteiger partial charge in [0.05, 0.1) is 12.8 Å². The van der Waals surface area contributed by atoms with E-state index in [0.29, 0.717) is 0 Å². The lowest BCUT2D eigenvalue weighted by atomic mass is 10.2. The first-order valence-electron chi connectivity index (χ1n) is 6.07. The van der Waals surface area contributed by atoms with Gasteiger partial charge in [-0.15, -0.1) is 5.10 Å². The molecule has 0 atom stereocenters. The summed E-state index contributed by atoms with van der Waals surface area (Å²) in [5.41, 5.74) is 11.2. The molecule has 18 heavy (non-hydrogen) atoms. The van der Waals surface area contributed by atoms with E-state index < -0.39 is 0 Å². The van der Waals surface area contributed by atoms with Gasteiger partial charge in [-0.3, -0.25) is 0 Å². The van der Waals surface area contributed by atoms with Crippen molar-refractivity contribution in [2.75, 3.05) is 6.61 Å². The minimum atomic E-state index is -0.0536. The summed E-state index contributed by atoms with van der Waals surface area (Å²) >= 11 is 0. The molecule has 1 aromatic rings. The van der Waals surface area contributed by atoms with Crippen LogP contribution in [-0.4, -0.2) is 18.8 Å². The van der Waals surface area contributed by atoms with Crippen LogP contribution in [-0.2, 0) is 0 Å². The lowest BCUT2D eigenvalue weighted by molar-refractivity contribution is 0.306. The molecule has 5 heteroatoms. The first kappa shape index (κ1) is 14.0. The maximum absolute atomic E-state index is 5.59. The van der Waals surface area contributed by atoms with Gasteiger partial charge in [0.25, 0.3) is 0 Å². The fourth-order valence-electron chi connectivity index (χ4n) is 1.35. The molecule has 0 bridgehead atoms. The van der Waals surface area contributed by atoms with E-state index in [4.69, 9.17) is 16.2 Å². The molecule has 0 radical (unpaired) electrons. The molecule has 0 aliphatic rings. The lowest BCUT2D eigenvalue weighted by Gasteiger charge is -2.05. The van der Waals surface area contributed by atoms with Gasteiger partial charge in [0.1, 0.15) is 5.75 Å². The summed E-state index contributed by atoms with van der Waals surface area (Å²) in [7, 11) is 0. The second kappa shape index (κ2) is 8.11. The molecule has 0 heterocycles. The number of hydrogen-bond acceptors (Lipinski definition) is 3. The van der Waals surface area contributed by atoms with Crippen molar-refractivity contribution in [3.63, 3.8) is 0 Å². The van der Waals surface area contributed by atoms with Gasteiger partial charge in [-0.05, 0) is 36.2 Å². The number of hydrogen-bond donors (Lipinski definition) is 2. The van der Waals surface area contributed by atoms with Crippen LogP contribution in [0.1, 0.15) is 31.7 Å². The zero-order chi connectivity index (χ0) is 13.2. The third kappa shape index (κ3) is 5.89. The topological polar surface area (TPSA) is 86.0 Å². The zero-order valence-electron chi connectivity index (χ0n) is 10.7. The van der Waals surface area contributed by atoms with E-state index in [-0.39, 0.29) is 5.96 Å². The molecule has 0 unspecified atom stereocenters. The standard InChI is InChI=1S/C13H20N4O/c1-2-3-4-9-18-12-7-5-11(6-8-12)10-16-17-13(14)15/h5-8,10H,2-4,9H2,1H3,(H4,14,15,17). The average molecular weight is 248 g/mol. The molecule has 0 fully saturated rings. The van der Waals surface area contributed by atoms with Gasteiger partial charge in [-0.2, -0.15) is 5.10 Å². The Hall–Kier alpha value is -2.04. The fourth-order valence-corrected chi connectivity index (χ4v) is 1.35. The Kier molecular flexibility index (Phi) is 6.32. The Balaban J connectivity index is 2.42. The van der Waals surface area contributed by atoms with Gasteiger partial charge < -0.3 is 16.2 Å². The highest BCUT2D eigenvalue weighted by Crippen LogP contribution is 2.11. The number of benzene rings is 1. The van der Waals surface area contributed by atoms with Gasteiger partial charge in [0.2, 0.25) is 5.96 Å². The summed E-state index contributed by atoms with van der Waals surface area (Å²) in [4.78, 5) is 0. The van der Waals surface area contributed by atoms with Crippen LogP contribution in [0, 0.1) is 0 Å². The van der Waals surface area contributed by atoms with E-state index in [9.17, 15) is 0 Å². The quantitative estimate of drug-likeness (QED) is 0.334. The van der Waals surface area contributed by atoms with Crippen molar-refractivity contribution in [1.29, 1.82) is 0 Å². The van der Waals surface area contributed by atoms with Gasteiger partial charge in [0, 0.05) is 0 Å². The van der Waals surface area contributed by atoms with Gasteiger partial charge in [-0.25, -0.2) is 0 Å². The van der Waals surface area contributed by atoms with E-state index in [1.807, 2.05) is 24.3 Å². The summed E-state index contributed by atoms with van der Waals surface area (Å²) in [6.45, 7) is 2.93. The van der Waals surface area contributed by atoms with E-state index in [2.05, 4.69) is 17.1 Å². The monoisotopic (exact) mass is 248 g/mol. The van der Waals surface area contributed by atoms with Crippen molar-refractivity contribution in [3.05, 3.63) is 29.8 Å². The third-order valence-corrected chi connectivity index (χ3v) is 2.28. The average Bonchev–Trinajstić information content (AvgIpc) is 2.36. The Bertz CT molecular complexity index is 394. The Morgan fingerprint density at radius 3 is 2.56 bits per heavy atom. The number of ether oxygens (including phenoxy) is 1. The number of nitrogens with two attached hydrogens (primary N) is 2. The number of rotatable bonds is 7. The lowest BCUT2D eigenvalue weighted by Crippen LogP contribution is -2.21. The van der Waals surface area contributed by atoms with Crippen molar-refractivity contribution in [2.45, 2.75) is 26.2 Å². The van der Waals surface area contributed by atoms with Crippen molar-refractivity contribution < 1.29 is 4.74 Å². The molecule has 0 saturated heterocycles. The summed E-state index contributed by atoms with van der Waals surface area (Å²) in [5, 5.41) is 7.25. The molecule has 0 spiro atoms. The SMILES string of the molecule is CCCCCOc1ccc(C=NN=C(N)N)cc1. The molecule has 0 amide bonds. The summed E-state index contributed by atoms with van der Waals surface area (Å²) < 4.78 is 5.59. The smallest absolute Gasteiger partial charge is 0.211 e. The molecule has 1 aromatic carbocycles. The van der Waals surface area contributed by atoms with Crippen LogP contribution in [0.5, 0.6) is 5.75 Å². The second-order valence-electron chi connectivity index (χ2n) is 3.89. The summed E-state index contributed by atoms with van der Waals surface area (Å²) in [6, 6.07) is 7.62. The fraction of sp³-hybridized carbons (Fsp3) is 0.385. The predicted molar refractivity (Wildman–Crippen MR) is 74.9 cm³/mol. The van der Waals surface area contributed by atoms with Gasteiger partial charge in [-0.1, -0.05) is 19.8 Å². The Morgan fingerprint density at radius 1 is 1.22 bits per heavy atom. The van der Waals surface area contributed by atoms with Crippen LogP contribution in [0.25, 0.3) is 0 Å². The van der Waals surface area contributed by atoms with Crippen LogP contribution < -0.4 is 16.2 Å². The van der Waals surface area contributed by atoms with Crippen molar-refractivity contribution >= 4 is 12.2 Å². The second-order valence-corrected chi connectivity index (χ2v) is 3.89. The molecule has 0 aliphatic heterocycles. The highest BCUT2D eigenvalue weighted by atomic mass is 16.5. The maximum Gasteiger partial charge on any atom is 0.211 e. The maximum atomic E-state index is 5.59. The van der Waals surface area contributed by atoms with Crippen molar-refractivity contribution in [3.8, 4) is 5.75 Å². The van der Waals surface area contributed by atoms with Gasteiger partial charge in [0.15, 0.2) is 0 Å². The Morgan fingerprint density at radius 2 is 1.94 bits per heavy atom. The predicted octanol–water partition coefficient (Wildman–Crippen LogP) is 1.86. The molecular formula is C13H20N4O. The highest BCUT2D eigenvalue weighted by Gasteiger charge is 1.94. The molecule has 1 rings (SSSR count). The third-order valence-electron chi connectivity index (χ3n) is 2.28. The van der Waals surface area contributed by atoms with Crippen LogP contribution >= 0.6 is 0 Å². The van der Waals surface area contributed by atoms with Crippen LogP contribution in [0.3, 0.4) is 0 Å². The van der Waals surface area contributed by atoms with E-state index >= 15 is 0 Å². The van der Waals surface area contributed by atoms with Crippen LogP contribution in [0.4, 0.5) is 0 Å². The number of guanidine groups is 1.